The van der Waals surface area contributed by atoms with Crippen molar-refractivity contribution >= 4 is 17.7 Å². The maximum absolute atomic E-state index is 12.9. The van der Waals surface area contributed by atoms with Gasteiger partial charge in [-0.15, -0.1) is 0 Å². The maximum atomic E-state index is 12.9. The Hall–Kier alpha value is -2.04. The van der Waals surface area contributed by atoms with Crippen LogP contribution in [0.5, 0.6) is 0 Å². The van der Waals surface area contributed by atoms with E-state index in [1.807, 2.05) is 23.1 Å². The third-order valence-corrected chi connectivity index (χ3v) is 4.65. The van der Waals surface area contributed by atoms with E-state index >= 15 is 0 Å². The molecule has 0 saturated carbocycles. The van der Waals surface area contributed by atoms with Crippen molar-refractivity contribution in [3.05, 3.63) is 29.8 Å². The van der Waals surface area contributed by atoms with E-state index in [4.69, 9.17) is 0 Å². The number of hydrogen-bond donors (Lipinski definition) is 1. The van der Waals surface area contributed by atoms with Crippen molar-refractivity contribution in [2.24, 2.45) is 11.8 Å². The standard InChI is InChI=1S/C17H22N2O3/c1-11-7-12(2)10-18(9-11)16(20)15-8-13-5-3-4-6-14(13)19(15)17(21)22/h3-6,11-12,15H,7-10H2,1-2H3,(H,21,22). The average molecular weight is 302 g/mol. The van der Waals surface area contributed by atoms with Crippen molar-refractivity contribution < 1.29 is 14.7 Å². The van der Waals surface area contributed by atoms with Crippen molar-refractivity contribution in [3.63, 3.8) is 0 Å². The van der Waals surface area contributed by atoms with Gasteiger partial charge in [0.1, 0.15) is 6.04 Å². The van der Waals surface area contributed by atoms with E-state index in [-0.39, 0.29) is 5.91 Å². The molecule has 0 aromatic heterocycles. The Morgan fingerprint density at radius 3 is 2.41 bits per heavy atom. The summed E-state index contributed by atoms with van der Waals surface area (Å²) in [7, 11) is 0. The molecule has 2 aliphatic heterocycles. The van der Waals surface area contributed by atoms with Gasteiger partial charge in [-0.3, -0.25) is 9.69 Å². The number of carbonyl (C=O) groups is 2. The predicted octanol–water partition coefficient (Wildman–Crippen LogP) is 2.60. The molecular weight excluding hydrogens is 280 g/mol. The van der Waals surface area contributed by atoms with Crippen LogP contribution in [0.25, 0.3) is 0 Å². The van der Waals surface area contributed by atoms with Gasteiger partial charge in [-0.05, 0) is 29.9 Å². The van der Waals surface area contributed by atoms with Gasteiger partial charge in [0, 0.05) is 19.5 Å². The summed E-state index contributed by atoms with van der Waals surface area (Å²) < 4.78 is 0. The fraction of sp³-hybridized carbons (Fsp3) is 0.529. The highest BCUT2D eigenvalue weighted by Gasteiger charge is 2.41. The van der Waals surface area contributed by atoms with Gasteiger partial charge in [0.15, 0.2) is 0 Å². The van der Waals surface area contributed by atoms with Crippen LogP contribution in [0, 0.1) is 11.8 Å². The predicted molar refractivity (Wildman–Crippen MR) is 84.0 cm³/mol. The molecule has 0 aliphatic carbocycles. The number of rotatable bonds is 1. The molecule has 118 valence electrons. The summed E-state index contributed by atoms with van der Waals surface area (Å²) in [4.78, 5) is 27.6. The van der Waals surface area contributed by atoms with Gasteiger partial charge in [-0.25, -0.2) is 4.79 Å². The van der Waals surface area contributed by atoms with Gasteiger partial charge in [0.05, 0.1) is 5.69 Å². The lowest BCUT2D eigenvalue weighted by Gasteiger charge is -2.37. The number of para-hydroxylation sites is 1. The van der Waals surface area contributed by atoms with E-state index < -0.39 is 12.1 Å². The summed E-state index contributed by atoms with van der Waals surface area (Å²) in [5.74, 6) is 0.876. The van der Waals surface area contributed by atoms with Crippen LogP contribution in [0.2, 0.25) is 0 Å². The molecule has 1 aromatic carbocycles. The van der Waals surface area contributed by atoms with Gasteiger partial charge < -0.3 is 10.0 Å². The van der Waals surface area contributed by atoms with Crippen LogP contribution < -0.4 is 4.90 Å². The van der Waals surface area contributed by atoms with Crippen molar-refractivity contribution in [1.82, 2.24) is 4.90 Å². The van der Waals surface area contributed by atoms with Crippen LogP contribution in [0.15, 0.2) is 24.3 Å². The number of piperidine rings is 1. The Labute approximate surface area is 130 Å². The van der Waals surface area contributed by atoms with Crippen LogP contribution in [-0.4, -0.2) is 41.1 Å². The number of benzene rings is 1. The highest BCUT2D eigenvalue weighted by atomic mass is 16.4. The summed E-state index contributed by atoms with van der Waals surface area (Å²) in [6.45, 7) is 5.75. The molecule has 0 radical (unpaired) electrons. The first-order valence-corrected chi connectivity index (χ1v) is 7.86. The monoisotopic (exact) mass is 302 g/mol. The first kappa shape index (κ1) is 14.9. The van der Waals surface area contributed by atoms with Crippen molar-refractivity contribution in [2.45, 2.75) is 32.7 Å². The molecule has 1 N–H and O–H groups in total. The summed E-state index contributed by atoms with van der Waals surface area (Å²) in [5.41, 5.74) is 1.58. The van der Waals surface area contributed by atoms with Crippen LogP contribution in [0.3, 0.4) is 0 Å². The Morgan fingerprint density at radius 1 is 1.14 bits per heavy atom. The SMILES string of the molecule is CC1CC(C)CN(C(=O)C2Cc3ccccc3N2C(=O)O)C1. The first-order chi connectivity index (χ1) is 10.5. The number of amides is 2. The lowest BCUT2D eigenvalue weighted by Crippen LogP contribution is -2.52. The zero-order valence-electron chi connectivity index (χ0n) is 13.0. The van der Waals surface area contributed by atoms with Crippen molar-refractivity contribution in [3.8, 4) is 0 Å². The molecule has 1 fully saturated rings. The molecule has 3 rings (SSSR count). The number of hydrogen-bond acceptors (Lipinski definition) is 2. The Balaban J connectivity index is 1.85. The summed E-state index contributed by atoms with van der Waals surface area (Å²) in [6, 6.07) is 6.76. The third kappa shape index (κ3) is 2.56. The molecule has 0 spiro atoms. The number of carbonyl (C=O) groups excluding carboxylic acids is 1. The zero-order valence-corrected chi connectivity index (χ0v) is 13.0. The normalized spacial score (nSPS) is 27.6. The number of anilines is 1. The summed E-state index contributed by atoms with van der Waals surface area (Å²) in [5, 5.41) is 9.54. The van der Waals surface area contributed by atoms with Gasteiger partial charge >= 0.3 is 6.09 Å². The van der Waals surface area contributed by atoms with E-state index in [1.54, 1.807) is 6.07 Å². The van der Waals surface area contributed by atoms with E-state index in [1.165, 1.54) is 4.90 Å². The molecule has 1 aromatic rings. The van der Waals surface area contributed by atoms with Crippen LogP contribution in [0.1, 0.15) is 25.8 Å². The van der Waals surface area contributed by atoms with E-state index in [9.17, 15) is 14.7 Å². The molecule has 3 atom stereocenters. The summed E-state index contributed by atoms with van der Waals surface area (Å²) >= 11 is 0. The quantitative estimate of drug-likeness (QED) is 0.867. The van der Waals surface area contributed by atoms with Crippen LogP contribution in [0.4, 0.5) is 10.5 Å². The number of likely N-dealkylation sites (tertiary alicyclic amines) is 1. The second-order valence-corrected chi connectivity index (χ2v) is 6.69. The Morgan fingerprint density at radius 2 is 1.77 bits per heavy atom. The summed E-state index contributed by atoms with van der Waals surface area (Å²) in [6.07, 6.45) is 0.541. The molecule has 2 amide bonds. The smallest absolute Gasteiger partial charge is 0.412 e. The molecule has 22 heavy (non-hydrogen) atoms. The molecule has 1 saturated heterocycles. The van der Waals surface area contributed by atoms with Crippen molar-refractivity contribution in [2.75, 3.05) is 18.0 Å². The van der Waals surface area contributed by atoms with Crippen LogP contribution in [-0.2, 0) is 11.2 Å². The molecule has 2 heterocycles. The average Bonchev–Trinajstić information content (AvgIpc) is 2.84. The molecule has 5 nitrogen and oxygen atoms in total. The lowest BCUT2D eigenvalue weighted by molar-refractivity contribution is -0.135. The number of fused-ring (bicyclic) bond motifs is 1. The van der Waals surface area contributed by atoms with Gasteiger partial charge in [-0.1, -0.05) is 32.0 Å². The zero-order chi connectivity index (χ0) is 15.9. The third-order valence-electron chi connectivity index (χ3n) is 4.65. The van der Waals surface area contributed by atoms with E-state index in [2.05, 4.69) is 13.8 Å². The van der Waals surface area contributed by atoms with Gasteiger partial charge in [-0.2, -0.15) is 0 Å². The number of nitrogens with zero attached hydrogens (tertiary/aromatic N) is 2. The van der Waals surface area contributed by atoms with Gasteiger partial charge in [0.25, 0.3) is 0 Å². The Bertz CT molecular complexity index is 591. The highest BCUT2D eigenvalue weighted by Crippen LogP contribution is 2.33. The maximum Gasteiger partial charge on any atom is 0.412 e. The van der Waals surface area contributed by atoms with Crippen LogP contribution >= 0.6 is 0 Å². The second kappa shape index (κ2) is 5.63. The minimum Gasteiger partial charge on any atom is -0.465 e. The minimum absolute atomic E-state index is 0.0583. The fourth-order valence-corrected chi connectivity index (χ4v) is 3.87. The van der Waals surface area contributed by atoms with Gasteiger partial charge in [0.2, 0.25) is 5.91 Å². The molecule has 3 unspecified atom stereocenters. The molecule has 0 bridgehead atoms. The molecular formula is C17H22N2O3. The lowest BCUT2D eigenvalue weighted by atomic mass is 9.91. The van der Waals surface area contributed by atoms with Crippen molar-refractivity contribution in [1.29, 1.82) is 0 Å². The second-order valence-electron chi connectivity index (χ2n) is 6.69. The molecule has 2 aliphatic rings. The molecule has 5 heteroatoms. The van der Waals surface area contributed by atoms with E-state index in [0.29, 0.717) is 23.9 Å². The first-order valence-electron chi connectivity index (χ1n) is 7.86. The highest BCUT2D eigenvalue weighted by molar-refractivity contribution is 5.99. The fourth-order valence-electron chi connectivity index (χ4n) is 3.87. The van der Waals surface area contributed by atoms with E-state index in [0.717, 1.165) is 25.1 Å². The Kier molecular flexibility index (Phi) is 3.81. The largest absolute Gasteiger partial charge is 0.465 e. The topological polar surface area (TPSA) is 60.9 Å². The minimum atomic E-state index is -1.05. The number of carboxylic acid groups (broad SMARTS) is 1.